The molecule has 0 aromatic heterocycles. The lowest BCUT2D eigenvalue weighted by atomic mass is 9.76. The predicted octanol–water partition coefficient (Wildman–Crippen LogP) is 7.06. The summed E-state index contributed by atoms with van der Waals surface area (Å²) in [5.74, 6) is 0.568. The summed E-state index contributed by atoms with van der Waals surface area (Å²) in [6.45, 7) is 6.89. The second-order valence-electron chi connectivity index (χ2n) is 10.8. The molecule has 0 radical (unpaired) electrons. The van der Waals surface area contributed by atoms with Crippen molar-refractivity contribution in [1.82, 2.24) is 4.90 Å². The van der Waals surface area contributed by atoms with Gasteiger partial charge in [-0.15, -0.1) is 0 Å². The van der Waals surface area contributed by atoms with Crippen molar-refractivity contribution in [1.29, 1.82) is 0 Å². The van der Waals surface area contributed by atoms with E-state index in [1.54, 1.807) is 11.1 Å². The van der Waals surface area contributed by atoms with Crippen molar-refractivity contribution in [2.24, 2.45) is 5.92 Å². The number of hydrogen-bond acceptors (Lipinski definition) is 2. The first-order valence-electron chi connectivity index (χ1n) is 13.6. The Morgan fingerprint density at radius 3 is 2.64 bits per heavy atom. The second kappa shape index (κ2) is 8.94. The molecule has 2 atom stereocenters. The third kappa shape index (κ3) is 3.67. The van der Waals surface area contributed by atoms with Gasteiger partial charge in [0.15, 0.2) is 0 Å². The molecular weight excluding hydrogens is 436 g/mol. The average molecular weight is 471 g/mol. The molecule has 1 aliphatic heterocycles. The van der Waals surface area contributed by atoms with Crippen LogP contribution in [0.25, 0.3) is 22.4 Å². The van der Waals surface area contributed by atoms with Crippen molar-refractivity contribution in [3.05, 3.63) is 113 Å². The molecule has 0 N–H and O–H groups in total. The summed E-state index contributed by atoms with van der Waals surface area (Å²) in [6, 6.07) is 20.8. The van der Waals surface area contributed by atoms with Gasteiger partial charge in [0.2, 0.25) is 0 Å². The maximum Gasteiger partial charge on any atom is 0.0446 e. The summed E-state index contributed by atoms with van der Waals surface area (Å²) in [6.07, 6.45) is 17.5. The number of hydrogen-bond donors (Lipinski definition) is 0. The van der Waals surface area contributed by atoms with Crippen LogP contribution in [0.3, 0.4) is 0 Å². The first-order chi connectivity index (χ1) is 17.8. The van der Waals surface area contributed by atoms with E-state index in [4.69, 9.17) is 0 Å². The Kier molecular flexibility index (Phi) is 5.44. The second-order valence-corrected chi connectivity index (χ2v) is 10.8. The summed E-state index contributed by atoms with van der Waals surface area (Å²) in [5.41, 5.74) is 10.4. The molecule has 0 bridgehead atoms. The molecule has 0 saturated carbocycles. The zero-order valence-corrected chi connectivity index (χ0v) is 21.2. The highest BCUT2D eigenvalue weighted by Gasteiger charge is 2.30. The predicted molar refractivity (Wildman–Crippen MR) is 153 cm³/mol. The SMILES string of the molecule is CC(C1C=Cc2ccc3c(c2C1)CC=C1CC=CC=C13)N1CCN(c2cccc3ccccc23)CC1. The van der Waals surface area contributed by atoms with Crippen LogP contribution < -0.4 is 4.90 Å². The van der Waals surface area contributed by atoms with E-state index in [1.807, 2.05) is 0 Å². The minimum Gasteiger partial charge on any atom is -0.368 e. The van der Waals surface area contributed by atoms with Crippen molar-refractivity contribution in [3.8, 4) is 0 Å². The number of nitrogens with zero attached hydrogens (tertiary/aromatic N) is 2. The summed E-state index contributed by atoms with van der Waals surface area (Å²) >= 11 is 0. The quantitative estimate of drug-likeness (QED) is 0.404. The molecule has 3 aromatic carbocycles. The van der Waals surface area contributed by atoms with Crippen LogP contribution in [0.4, 0.5) is 5.69 Å². The summed E-state index contributed by atoms with van der Waals surface area (Å²) in [4.78, 5) is 5.31. The fraction of sp³-hybridized carbons (Fsp3) is 0.294. The standard InChI is InChI=1S/C34H34N2/c1-24(35-19-21-36(22-20-35)34-12-6-9-25-7-3-5-11-30(25)34)28-14-13-27-16-17-31-29-10-4-2-8-26(29)15-18-32(31)33(27)23-28/h2-7,9-17,24,28H,8,18-23H2,1H3. The Morgan fingerprint density at radius 2 is 1.72 bits per heavy atom. The van der Waals surface area contributed by atoms with Gasteiger partial charge in [0.25, 0.3) is 0 Å². The lowest BCUT2D eigenvalue weighted by Gasteiger charge is -2.42. The van der Waals surface area contributed by atoms with Gasteiger partial charge in [-0.2, -0.15) is 0 Å². The average Bonchev–Trinajstić information content (AvgIpc) is 2.96. The van der Waals surface area contributed by atoms with Gasteiger partial charge in [-0.1, -0.05) is 85.0 Å². The number of rotatable bonds is 3. The van der Waals surface area contributed by atoms with Gasteiger partial charge in [-0.05, 0) is 77.0 Å². The van der Waals surface area contributed by atoms with Crippen LogP contribution in [-0.2, 0) is 12.8 Å². The van der Waals surface area contributed by atoms with Crippen molar-refractivity contribution in [3.63, 3.8) is 0 Å². The van der Waals surface area contributed by atoms with Gasteiger partial charge in [-0.25, -0.2) is 0 Å². The van der Waals surface area contributed by atoms with E-state index in [9.17, 15) is 0 Å². The van der Waals surface area contributed by atoms with Crippen LogP contribution in [0.15, 0.2) is 90.6 Å². The Bertz CT molecular complexity index is 1440. The van der Waals surface area contributed by atoms with Crippen LogP contribution >= 0.6 is 0 Å². The van der Waals surface area contributed by atoms with Gasteiger partial charge < -0.3 is 4.90 Å². The van der Waals surface area contributed by atoms with Crippen molar-refractivity contribution in [2.75, 3.05) is 31.1 Å². The third-order valence-electron chi connectivity index (χ3n) is 8.97. The van der Waals surface area contributed by atoms with E-state index in [-0.39, 0.29) is 0 Å². The van der Waals surface area contributed by atoms with Crippen LogP contribution in [0.1, 0.15) is 35.6 Å². The normalized spacial score (nSPS) is 21.9. The maximum absolute atomic E-state index is 2.73. The van der Waals surface area contributed by atoms with Crippen LogP contribution in [0, 0.1) is 5.92 Å². The molecule has 1 heterocycles. The van der Waals surface area contributed by atoms with Crippen molar-refractivity contribution >= 4 is 28.1 Å². The molecule has 2 unspecified atom stereocenters. The van der Waals surface area contributed by atoms with Crippen LogP contribution in [0.2, 0.25) is 0 Å². The summed E-state index contributed by atoms with van der Waals surface area (Å²) < 4.78 is 0. The van der Waals surface area contributed by atoms with Gasteiger partial charge in [0, 0.05) is 43.3 Å². The van der Waals surface area contributed by atoms with Crippen LogP contribution in [-0.4, -0.2) is 37.1 Å². The van der Waals surface area contributed by atoms with E-state index >= 15 is 0 Å². The van der Waals surface area contributed by atoms with E-state index in [2.05, 4.69) is 108 Å². The van der Waals surface area contributed by atoms with Gasteiger partial charge >= 0.3 is 0 Å². The smallest absolute Gasteiger partial charge is 0.0446 e. The summed E-state index contributed by atoms with van der Waals surface area (Å²) in [7, 11) is 0. The molecule has 4 aliphatic rings. The first-order valence-corrected chi connectivity index (χ1v) is 13.6. The number of piperazine rings is 1. The number of fused-ring (bicyclic) bond motifs is 6. The van der Waals surface area contributed by atoms with Crippen molar-refractivity contribution < 1.29 is 0 Å². The van der Waals surface area contributed by atoms with Gasteiger partial charge in [-0.3, -0.25) is 4.90 Å². The number of benzene rings is 3. The molecule has 3 aliphatic carbocycles. The fourth-order valence-electron chi connectivity index (χ4n) is 6.84. The van der Waals surface area contributed by atoms with E-state index < -0.39 is 0 Å². The molecule has 2 heteroatoms. The Labute approximate surface area is 214 Å². The molecule has 1 saturated heterocycles. The fourth-order valence-corrected chi connectivity index (χ4v) is 6.84. The topological polar surface area (TPSA) is 6.48 Å². The highest BCUT2D eigenvalue weighted by Crippen LogP contribution is 2.40. The van der Waals surface area contributed by atoms with Gasteiger partial charge in [0.05, 0.1) is 0 Å². The number of anilines is 1. The Hall–Kier alpha value is -3.36. The molecule has 180 valence electrons. The lowest BCUT2D eigenvalue weighted by molar-refractivity contribution is 0.162. The molecule has 7 rings (SSSR count). The minimum atomic E-state index is 0.548. The van der Waals surface area contributed by atoms with Crippen molar-refractivity contribution in [2.45, 2.75) is 32.2 Å². The van der Waals surface area contributed by atoms with E-state index in [1.165, 1.54) is 38.7 Å². The lowest BCUT2D eigenvalue weighted by Crippen LogP contribution is -2.51. The summed E-state index contributed by atoms with van der Waals surface area (Å²) in [5, 5.41) is 2.71. The Morgan fingerprint density at radius 1 is 0.861 bits per heavy atom. The van der Waals surface area contributed by atoms with Crippen LogP contribution in [0.5, 0.6) is 0 Å². The maximum atomic E-state index is 2.73. The molecule has 0 amide bonds. The van der Waals surface area contributed by atoms with E-state index in [0.717, 1.165) is 45.4 Å². The molecule has 36 heavy (non-hydrogen) atoms. The van der Waals surface area contributed by atoms with Gasteiger partial charge in [0.1, 0.15) is 0 Å². The molecule has 2 nitrogen and oxygen atoms in total. The molecular formula is C34H34N2. The first kappa shape index (κ1) is 21.9. The molecule has 3 aromatic rings. The minimum absolute atomic E-state index is 0.548. The highest BCUT2D eigenvalue weighted by atomic mass is 15.3. The zero-order chi connectivity index (χ0) is 24.1. The monoisotopic (exact) mass is 470 g/mol. The molecule has 0 spiro atoms. The zero-order valence-electron chi connectivity index (χ0n) is 21.2. The largest absolute Gasteiger partial charge is 0.368 e. The third-order valence-corrected chi connectivity index (χ3v) is 8.97. The molecule has 1 fully saturated rings. The highest BCUT2D eigenvalue weighted by molar-refractivity contribution is 5.94. The van der Waals surface area contributed by atoms with E-state index in [0.29, 0.717) is 12.0 Å². The number of allylic oxidation sites excluding steroid dienone is 6. The Balaban J connectivity index is 1.08.